The number of rotatable bonds is 5. The fraction of sp³-hybridized carbons (Fsp3) is 0.0476. The van der Waals surface area contributed by atoms with Crippen molar-refractivity contribution in [1.29, 1.82) is 0 Å². The lowest BCUT2D eigenvalue weighted by molar-refractivity contribution is -0.384. The van der Waals surface area contributed by atoms with E-state index in [1.54, 1.807) is 24.3 Å². The van der Waals surface area contributed by atoms with Crippen LogP contribution in [-0.2, 0) is 0 Å². The van der Waals surface area contributed by atoms with Crippen LogP contribution in [0.1, 0.15) is 31.8 Å². The Morgan fingerprint density at radius 3 is 2.29 bits per heavy atom. The second kappa shape index (κ2) is 8.02. The number of nitro groups is 1. The molecule has 0 saturated heterocycles. The largest absolute Gasteiger partial charge is 0.322 e. The lowest BCUT2D eigenvalue weighted by atomic mass is 9.97. The topological polar surface area (TPSA) is 89.3 Å². The van der Waals surface area contributed by atoms with Crippen LogP contribution < -0.4 is 5.32 Å². The van der Waals surface area contributed by atoms with Crippen molar-refractivity contribution < 1.29 is 14.5 Å². The van der Waals surface area contributed by atoms with Gasteiger partial charge in [-0.2, -0.15) is 0 Å². The molecule has 0 spiro atoms. The van der Waals surface area contributed by atoms with Gasteiger partial charge in [-0.3, -0.25) is 19.7 Å². The van der Waals surface area contributed by atoms with Crippen LogP contribution in [0.2, 0.25) is 5.02 Å². The predicted molar refractivity (Wildman–Crippen MR) is 107 cm³/mol. The number of aryl methyl sites for hydroxylation is 1. The Balaban J connectivity index is 1.97. The van der Waals surface area contributed by atoms with Gasteiger partial charge in [-0.05, 0) is 36.8 Å². The summed E-state index contributed by atoms with van der Waals surface area (Å²) in [5.74, 6) is -0.947. The number of nitrogens with one attached hydrogen (secondary N) is 1. The van der Waals surface area contributed by atoms with Crippen LogP contribution in [0.4, 0.5) is 11.4 Å². The Hall–Kier alpha value is -3.51. The number of nitro benzene ring substituents is 1. The van der Waals surface area contributed by atoms with E-state index in [0.717, 1.165) is 11.6 Å². The van der Waals surface area contributed by atoms with E-state index in [9.17, 15) is 19.7 Å². The average molecular weight is 395 g/mol. The molecule has 3 aromatic carbocycles. The first-order valence-electron chi connectivity index (χ1n) is 8.33. The molecule has 28 heavy (non-hydrogen) atoms. The van der Waals surface area contributed by atoms with Crippen LogP contribution in [0, 0.1) is 17.0 Å². The molecule has 3 aromatic rings. The van der Waals surface area contributed by atoms with Crippen molar-refractivity contribution in [1.82, 2.24) is 0 Å². The first-order chi connectivity index (χ1) is 13.4. The SMILES string of the molecule is Cc1ccccc1NC(=O)c1ccccc1C(=O)c1ccc(Cl)c([N+](=O)[O-])c1. The van der Waals surface area contributed by atoms with Gasteiger partial charge in [0.15, 0.2) is 5.78 Å². The molecule has 0 unspecified atom stereocenters. The molecular formula is C21H15ClN2O4. The van der Waals surface area contributed by atoms with Crippen LogP contribution in [0.5, 0.6) is 0 Å². The van der Waals surface area contributed by atoms with Crippen molar-refractivity contribution >= 4 is 34.7 Å². The number of nitrogens with zero attached hydrogens (tertiary/aromatic N) is 1. The second-order valence-electron chi connectivity index (χ2n) is 6.07. The first-order valence-corrected chi connectivity index (χ1v) is 8.71. The number of anilines is 1. The Morgan fingerprint density at radius 1 is 0.964 bits per heavy atom. The zero-order valence-electron chi connectivity index (χ0n) is 14.8. The molecule has 1 amide bonds. The maximum absolute atomic E-state index is 12.9. The zero-order chi connectivity index (χ0) is 20.3. The zero-order valence-corrected chi connectivity index (χ0v) is 15.6. The quantitative estimate of drug-likeness (QED) is 0.373. The summed E-state index contributed by atoms with van der Waals surface area (Å²) in [6.45, 7) is 1.86. The fourth-order valence-electron chi connectivity index (χ4n) is 2.73. The number of carbonyl (C=O) groups is 2. The monoisotopic (exact) mass is 394 g/mol. The Labute approximate surface area is 165 Å². The van der Waals surface area contributed by atoms with Gasteiger partial charge in [-0.1, -0.05) is 48.0 Å². The van der Waals surface area contributed by atoms with Crippen molar-refractivity contribution in [3.8, 4) is 0 Å². The molecule has 0 bridgehead atoms. The summed E-state index contributed by atoms with van der Waals surface area (Å²) < 4.78 is 0. The molecule has 0 aliphatic rings. The van der Waals surface area contributed by atoms with Crippen LogP contribution in [0.25, 0.3) is 0 Å². The summed E-state index contributed by atoms with van der Waals surface area (Å²) in [7, 11) is 0. The molecule has 140 valence electrons. The normalized spacial score (nSPS) is 10.4. The highest BCUT2D eigenvalue weighted by atomic mass is 35.5. The maximum atomic E-state index is 12.9. The second-order valence-corrected chi connectivity index (χ2v) is 6.47. The molecule has 1 N–H and O–H groups in total. The number of benzene rings is 3. The van der Waals surface area contributed by atoms with Crippen LogP contribution in [0.3, 0.4) is 0 Å². The lowest BCUT2D eigenvalue weighted by Crippen LogP contribution is -2.17. The van der Waals surface area contributed by atoms with E-state index < -0.39 is 16.6 Å². The molecule has 3 rings (SSSR count). The average Bonchev–Trinajstić information content (AvgIpc) is 2.69. The van der Waals surface area contributed by atoms with Gasteiger partial charge in [0.05, 0.1) is 10.5 Å². The van der Waals surface area contributed by atoms with Gasteiger partial charge in [0.2, 0.25) is 0 Å². The fourth-order valence-corrected chi connectivity index (χ4v) is 2.92. The molecule has 0 aromatic heterocycles. The third kappa shape index (κ3) is 3.92. The van der Waals surface area contributed by atoms with Gasteiger partial charge in [0.25, 0.3) is 11.6 Å². The summed E-state index contributed by atoms with van der Waals surface area (Å²) in [6.07, 6.45) is 0. The highest BCUT2D eigenvalue weighted by molar-refractivity contribution is 6.33. The minimum Gasteiger partial charge on any atom is -0.322 e. The van der Waals surface area contributed by atoms with E-state index in [1.807, 2.05) is 19.1 Å². The summed E-state index contributed by atoms with van der Waals surface area (Å²) in [5, 5.41) is 13.8. The minimum atomic E-state index is -0.657. The molecule has 0 heterocycles. The standard InChI is InChI=1S/C21H15ClN2O4/c1-13-6-2-5-9-18(13)23-21(26)16-8-4-3-7-15(16)20(25)14-10-11-17(22)19(12-14)24(27)28/h2-12H,1H3,(H,23,26). The molecule has 0 aliphatic carbocycles. The van der Waals surface area contributed by atoms with Gasteiger partial charge < -0.3 is 5.32 Å². The van der Waals surface area contributed by atoms with Crippen molar-refractivity contribution in [2.24, 2.45) is 0 Å². The van der Waals surface area contributed by atoms with Gasteiger partial charge >= 0.3 is 0 Å². The van der Waals surface area contributed by atoms with E-state index in [1.165, 1.54) is 24.3 Å². The molecule has 0 fully saturated rings. The summed E-state index contributed by atoms with van der Waals surface area (Å²) in [5.41, 5.74) is 1.55. The number of amides is 1. The first kappa shape index (κ1) is 19.3. The van der Waals surface area contributed by atoms with Crippen molar-refractivity contribution in [2.45, 2.75) is 6.92 Å². The van der Waals surface area contributed by atoms with E-state index in [0.29, 0.717) is 5.69 Å². The number of halogens is 1. The van der Waals surface area contributed by atoms with Gasteiger partial charge in [-0.15, -0.1) is 0 Å². The number of ketones is 1. The molecule has 0 atom stereocenters. The molecule has 7 heteroatoms. The smallest absolute Gasteiger partial charge is 0.288 e. The third-order valence-corrected chi connectivity index (χ3v) is 4.53. The van der Waals surface area contributed by atoms with Gasteiger partial charge in [0, 0.05) is 22.9 Å². The third-order valence-electron chi connectivity index (χ3n) is 4.21. The Morgan fingerprint density at radius 2 is 1.61 bits per heavy atom. The van der Waals surface area contributed by atoms with Crippen molar-refractivity contribution in [3.63, 3.8) is 0 Å². The molecule has 0 saturated carbocycles. The van der Waals surface area contributed by atoms with E-state index in [2.05, 4.69) is 5.32 Å². The molecule has 0 radical (unpaired) electrons. The lowest BCUT2D eigenvalue weighted by Gasteiger charge is -2.11. The molecular weight excluding hydrogens is 380 g/mol. The number of hydrogen-bond donors (Lipinski definition) is 1. The van der Waals surface area contributed by atoms with Crippen molar-refractivity contribution in [3.05, 3.63) is 104 Å². The Kier molecular flexibility index (Phi) is 5.52. The maximum Gasteiger partial charge on any atom is 0.288 e. The molecule has 0 aliphatic heterocycles. The molecule has 6 nitrogen and oxygen atoms in total. The van der Waals surface area contributed by atoms with E-state index in [4.69, 9.17) is 11.6 Å². The van der Waals surface area contributed by atoms with Crippen LogP contribution in [-0.4, -0.2) is 16.6 Å². The number of hydrogen-bond acceptors (Lipinski definition) is 4. The van der Waals surface area contributed by atoms with Crippen LogP contribution >= 0.6 is 11.6 Å². The van der Waals surface area contributed by atoms with Crippen molar-refractivity contribution in [2.75, 3.05) is 5.32 Å². The predicted octanol–water partition coefficient (Wildman–Crippen LogP) is 5.04. The summed E-state index contributed by atoms with van der Waals surface area (Å²) in [6, 6.07) is 17.4. The minimum absolute atomic E-state index is 0.0628. The Bertz CT molecular complexity index is 1100. The van der Waals surface area contributed by atoms with E-state index in [-0.39, 0.29) is 27.4 Å². The number of para-hydroxylation sites is 1. The summed E-state index contributed by atoms with van der Waals surface area (Å²) >= 11 is 5.81. The summed E-state index contributed by atoms with van der Waals surface area (Å²) in [4.78, 5) is 36.1. The number of carbonyl (C=O) groups excluding carboxylic acids is 2. The highest BCUT2D eigenvalue weighted by Crippen LogP contribution is 2.27. The van der Waals surface area contributed by atoms with Gasteiger partial charge in [-0.25, -0.2) is 0 Å². The van der Waals surface area contributed by atoms with Gasteiger partial charge in [0.1, 0.15) is 5.02 Å². The van der Waals surface area contributed by atoms with E-state index >= 15 is 0 Å². The highest BCUT2D eigenvalue weighted by Gasteiger charge is 2.21. The van der Waals surface area contributed by atoms with Crippen LogP contribution in [0.15, 0.2) is 66.7 Å².